The minimum Gasteiger partial charge on any atom is -0.340 e. The van der Waals surface area contributed by atoms with Crippen molar-refractivity contribution in [2.24, 2.45) is 0 Å². The first kappa shape index (κ1) is 19.1. The van der Waals surface area contributed by atoms with Crippen LogP contribution in [0.4, 0.5) is 15.9 Å². The van der Waals surface area contributed by atoms with E-state index in [1.54, 1.807) is 6.92 Å². The third kappa shape index (κ3) is 2.37. The third-order valence-electron chi connectivity index (χ3n) is 6.14. The number of aryl methyl sites for hydroxylation is 1. The number of benzene rings is 1. The van der Waals surface area contributed by atoms with Gasteiger partial charge < -0.3 is 10.3 Å². The molecule has 0 saturated carbocycles. The molecular formula is C22H15FN8O2. The summed E-state index contributed by atoms with van der Waals surface area (Å²) in [4.78, 5) is 43.8. The number of halogens is 1. The Kier molecular flexibility index (Phi) is 3.74. The molecule has 2 amide bonds. The van der Waals surface area contributed by atoms with Crippen LogP contribution < -0.4 is 10.2 Å². The molecular weight excluding hydrogens is 427 g/mol. The summed E-state index contributed by atoms with van der Waals surface area (Å²) >= 11 is 0. The van der Waals surface area contributed by atoms with Gasteiger partial charge in [0.15, 0.2) is 11.5 Å². The molecule has 1 unspecified atom stereocenters. The zero-order valence-electron chi connectivity index (χ0n) is 17.3. The Morgan fingerprint density at radius 2 is 2.12 bits per heavy atom. The number of rotatable bonds is 2. The lowest BCUT2D eigenvalue weighted by atomic mass is 9.70. The molecule has 0 radical (unpaired) electrons. The standard InChI is InChI=1S/C22H15FN8O2/c1-3-6-30-14-5-4-12(23)7-13(14)22(21(30)33)8-15(32)28-19-16(22)11(2)29-31(19)20-17-18(25-9-24-17)26-10-27-20/h1,4-5,7,9-10H,6,8H2,2H3,(H,28,32)(H,24,25,26,27). The van der Waals surface area contributed by atoms with E-state index in [0.717, 1.165) is 0 Å². The molecule has 33 heavy (non-hydrogen) atoms. The predicted molar refractivity (Wildman–Crippen MR) is 115 cm³/mol. The van der Waals surface area contributed by atoms with E-state index in [0.29, 0.717) is 39.5 Å². The highest BCUT2D eigenvalue weighted by Crippen LogP contribution is 2.53. The first-order valence-corrected chi connectivity index (χ1v) is 10.1. The first-order valence-electron chi connectivity index (χ1n) is 10.1. The Bertz CT molecular complexity index is 1550. The Labute approximate surface area is 185 Å². The summed E-state index contributed by atoms with van der Waals surface area (Å²) in [6.07, 6.45) is 8.12. The number of nitrogens with zero attached hydrogens (tertiary/aromatic N) is 6. The van der Waals surface area contributed by atoms with E-state index in [-0.39, 0.29) is 18.8 Å². The fourth-order valence-corrected chi connectivity index (χ4v) is 4.93. The Balaban J connectivity index is 1.67. The summed E-state index contributed by atoms with van der Waals surface area (Å²) in [5.41, 5.74) is 1.29. The Morgan fingerprint density at radius 3 is 2.94 bits per heavy atom. The monoisotopic (exact) mass is 442 g/mol. The summed E-state index contributed by atoms with van der Waals surface area (Å²) < 4.78 is 15.8. The average Bonchev–Trinajstić information content (AvgIpc) is 3.46. The lowest BCUT2D eigenvalue weighted by Crippen LogP contribution is -2.47. The number of carbonyl (C=O) groups excluding carboxylic acids is 2. The molecule has 10 nitrogen and oxygen atoms in total. The van der Waals surface area contributed by atoms with Gasteiger partial charge in [-0.3, -0.25) is 14.5 Å². The fourth-order valence-electron chi connectivity index (χ4n) is 4.93. The van der Waals surface area contributed by atoms with Crippen molar-refractivity contribution in [3.63, 3.8) is 0 Å². The number of hydrogen-bond acceptors (Lipinski definition) is 6. The van der Waals surface area contributed by atoms with Crippen LogP contribution in [0.1, 0.15) is 23.2 Å². The number of H-pyrrole nitrogens is 1. The number of fused-ring (bicyclic) bond motifs is 5. The summed E-state index contributed by atoms with van der Waals surface area (Å²) in [5.74, 6) is 1.79. The maximum Gasteiger partial charge on any atom is 0.243 e. The first-order chi connectivity index (χ1) is 16.0. The van der Waals surface area contributed by atoms with Gasteiger partial charge in [0.05, 0.1) is 18.6 Å². The molecule has 0 fully saturated rings. The number of terminal acetylenes is 1. The van der Waals surface area contributed by atoms with Crippen LogP contribution >= 0.6 is 0 Å². The van der Waals surface area contributed by atoms with Crippen molar-refractivity contribution >= 4 is 34.5 Å². The molecule has 4 aromatic rings. The maximum absolute atomic E-state index is 14.4. The number of nitrogens with one attached hydrogen (secondary N) is 2. The Hall–Kier alpha value is -4.59. The van der Waals surface area contributed by atoms with Crippen LogP contribution in [0.3, 0.4) is 0 Å². The maximum atomic E-state index is 14.4. The number of aromatic nitrogens is 6. The summed E-state index contributed by atoms with van der Waals surface area (Å²) in [5, 5.41) is 7.44. The quantitative estimate of drug-likeness (QED) is 0.455. The molecule has 2 aliphatic rings. The zero-order valence-corrected chi connectivity index (χ0v) is 17.3. The molecule has 1 atom stereocenters. The lowest BCUT2D eigenvalue weighted by molar-refractivity contribution is -0.126. The van der Waals surface area contributed by atoms with Crippen LogP contribution in [0.15, 0.2) is 30.9 Å². The minimum absolute atomic E-state index is 0.00989. The van der Waals surface area contributed by atoms with Crippen LogP contribution in [0.5, 0.6) is 0 Å². The van der Waals surface area contributed by atoms with Crippen molar-refractivity contribution in [1.82, 2.24) is 29.7 Å². The molecule has 0 bridgehead atoms. The van der Waals surface area contributed by atoms with Crippen LogP contribution in [0.25, 0.3) is 17.0 Å². The van der Waals surface area contributed by atoms with Crippen LogP contribution in [0, 0.1) is 25.1 Å². The minimum atomic E-state index is -1.46. The molecule has 2 N–H and O–H groups in total. The zero-order chi connectivity index (χ0) is 22.9. The number of carbonyl (C=O) groups is 2. The molecule has 0 saturated heterocycles. The predicted octanol–water partition coefficient (Wildman–Crippen LogP) is 1.59. The van der Waals surface area contributed by atoms with Gasteiger partial charge in [0.2, 0.25) is 11.8 Å². The lowest BCUT2D eigenvalue weighted by Gasteiger charge is -2.33. The number of aromatic amines is 1. The van der Waals surface area contributed by atoms with Crippen molar-refractivity contribution in [1.29, 1.82) is 0 Å². The van der Waals surface area contributed by atoms with Crippen molar-refractivity contribution in [2.75, 3.05) is 16.8 Å². The van der Waals surface area contributed by atoms with Crippen LogP contribution in [0.2, 0.25) is 0 Å². The van der Waals surface area contributed by atoms with Crippen molar-refractivity contribution in [3.05, 3.63) is 53.5 Å². The van der Waals surface area contributed by atoms with Crippen molar-refractivity contribution < 1.29 is 14.0 Å². The molecule has 162 valence electrons. The smallest absolute Gasteiger partial charge is 0.243 e. The number of hydrogen-bond donors (Lipinski definition) is 2. The third-order valence-corrected chi connectivity index (χ3v) is 6.14. The average molecular weight is 442 g/mol. The van der Waals surface area contributed by atoms with Gasteiger partial charge in [-0.1, -0.05) is 5.92 Å². The van der Waals surface area contributed by atoms with E-state index in [1.807, 2.05) is 0 Å². The van der Waals surface area contributed by atoms with Gasteiger partial charge in [-0.15, -0.1) is 6.42 Å². The van der Waals surface area contributed by atoms with E-state index in [9.17, 15) is 14.0 Å². The number of imidazole rings is 1. The van der Waals surface area contributed by atoms with Crippen molar-refractivity contribution in [3.8, 4) is 18.2 Å². The van der Waals surface area contributed by atoms with Gasteiger partial charge in [-0.05, 0) is 30.7 Å². The van der Waals surface area contributed by atoms with Gasteiger partial charge in [0, 0.05) is 17.7 Å². The van der Waals surface area contributed by atoms with E-state index in [4.69, 9.17) is 6.42 Å². The molecule has 1 spiro atoms. The molecule has 1 aromatic carbocycles. The molecule has 0 aliphatic carbocycles. The van der Waals surface area contributed by atoms with Gasteiger partial charge in [-0.2, -0.15) is 9.78 Å². The van der Waals surface area contributed by atoms with Gasteiger partial charge in [-0.25, -0.2) is 19.3 Å². The second-order valence-corrected chi connectivity index (χ2v) is 7.91. The van der Waals surface area contributed by atoms with Gasteiger partial charge in [0.25, 0.3) is 0 Å². The SMILES string of the molecule is C#CCN1C(=O)C2(CC(=O)Nc3c2c(C)nn3-c2ncnc3nc[nH]c23)c2cc(F)ccc21. The molecule has 3 aromatic heterocycles. The van der Waals surface area contributed by atoms with Crippen LogP contribution in [-0.4, -0.2) is 48.1 Å². The topological polar surface area (TPSA) is 122 Å². The van der Waals surface area contributed by atoms with Crippen LogP contribution in [-0.2, 0) is 15.0 Å². The van der Waals surface area contributed by atoms with E-state index in [1.165, 1.54) is 40.4 Å². The molecule has 5 heterocycles. The highest BCUT2D eigenvalue weighted by atomic mass is 19.1. The second kappa shape index (κ2) is 6.46. The normalized spacial score (nSPS) is 19.0. The fraction of sp³-hybridized carbons (Fsp3) is 0.182. The highest BCUT2D eigenvalue weighted by Gasteiger charge is 2.58. The number of anilines is 2. The number of amides is 2. The molecule has 11 heteroatoms. The molecule has 2 aliphatic heterocycles. The summed E-state index contributed by atoms with van der Waals surface area (Å²) in [6, 6.07) is 4.07. The van der Waals surface area contributed by atoms with Crippen molar-refractivity contribution in [2.45, 2.75) is 18.8 Å². The Morgan fingerprint density at radius 1 is 1.27 bits per heavy atom. The van der Waals surface area contributed by atoms with E-state index in [2.05, 4.69) is 36.3 Å². The summed E-state index contributed by atoms with van der Waals surface area (Å²) in [7, 11) is 0. The summed E-state index contributed by atoms with van der Waals surface area (Å²) in [6.45, 7) is 1.72. The van der Waals surface area contributed by atoms with E-state index < -0.39 is 23.0 Å². The van der Waals surface area contributed by atoms with Gasteiger partial charge in [0.1, 0.15) is 28.9 Å². The van der Waals surface area contributed by atoms with Gasteiger partial charge >= 0.3 is 0 Å². The largest absolute Gasteiger partial charge is 0.340 e. The molecule has 6 rings (SSSR count). The highest BCUT2D eigenvalue weighted by molar-refractivity contribution is 6.16. The van der Waals surface area contributed by atoms with E-state index >= 15 is 0 Å². The second-order valence-electron chi connectivity index (χ2n) is 7.91.